The van der Waals surface area contributed by atoms with E-state index in [0.717, 1.165) is 94.6 Å². The molecule has 0 saturated heterocycles. The van der Waals surface area contributed by atoms with E-state index in [4.69, 9.17) is 18.9 Å². The van der Waals surface area contributed by atoms with Gasteiger partial charge in [-0.3, -0.25) is 9.59 Å². The minimum atomic E-state index is -5.67. The second-order valence-electron chi connectivity index (χ2n) is 34.1. The Morgan fingerprint density at radius 3 is 0.935 bits per heavy atom. The van der Waals surface area contributed by atoms with Crippen molar-refractivity contribution < 1.29 is 84.5 Å². The number of carbonyl (C=O) groups excluding carboxylic acids is 2. The summed E-state index contributed by atoms with van der Waals surface area (Å²) in [6.45, 7) is 0.742. The number of benzene rings is 6. The van der Waals surface area contributed by atoms with Crippen LogP contribution in [0.2, 0.25) is 0 Å². The lowest BCUT2D eigenvalue weighted by Crippen LogP contribution is -2.55. The summed E-state index contributed by atoms with van der Waals surface area (Å²) in [5.74, 6) is 4.81. The molecular formula is C86H99F7O12S3. The van der Waals surface area contributed by atoms with Gasteiger partial charge in [-0.2, -0.15) is 30.7 Å². The first-order valence-corrected chi connectivity index (χ1v) is 43.6. The van der Waals surface area contributed by atoms with Gasteiger partial charge in [-0.1, -0.05) is 194 Å². The highest BCUT2D eigenvalue weighted by molar-refractivity contribution is 7.94. The molecule has 12 bridgehead atoms. The number of aryl methyl sites for hydroxylation is 2. The highest BCUT2D eigenvalue weighted by Gasteiger charge is 2.65. The fourth-order valence-electron chi connectivity index (χ4n) is 22.7. The zero-order valence-electron chi connectivity index (χ0n) is 61.5. The van der Waals surface area contributed by atoms with Crippen LogP contribution in [0, 0.1) is 95.7 Å². The van der Waals surface area contributed by atoms with Gasteiger partial charge in [0.15, 0.2) is 9.49 Å². The first-order valence-electron chi connectivity index (χ1n) is 38.7. The predicted molar refractivity (Wildman–Crippen MR) is 397 cm³/mol. The number of rotatable bonds is 24. The zero-order valence-corrected chi connectivity index (χ0v) is 63.9. The molecular weight excluding hydrogens is 1450 g/mol. The van der Waals surface area contributed by atoms with Crippen LogP contribution in [0.15, 0.2) is 170 Å². The molecule has 12 saturated carbocycles. The van der Waals surface area contributed by atoms with Crippen LogP contribution in [0.4, 0.5) is 30.7 Å². The maximum Gasteiger partial charge on any atom is 0.498 e. The standard InChI is InChI=1S/C42H48F2O5S.C23H34F2O5S.C21H17F3O2S/c1-28-12-16-36(17-13-28)42(34-8-4-2-5-9-34,35-10-6-3-7-11-35)50(46,47)41(43,44)27-48-26-38(49-39(45)37-22-29-14-15-33(37)21-29)40-23-30-18-31(24-40)20-32(19-30)25-40;1-31(27,28)23(24,25)13-29-12-20(30-21(26)19-8-14-2-3-18(19)7-14)22-9-15-4-16(10-22)6-17(5-15)11-22;1-16-12-14-19(15-13-16)20(17-8-4-2-5-9-17,18-10-6-3-7-11-18)27(25,26)21(22,23)24/h2-13,16-17,29-33,37-38H,14-15,18-27H2,1H3;14-20H,2-13H2,1H3;2-15H,1H3. The Balaban J connectivity index is 0.000000145. The van der Waals surface area contributed by atoms with Crippen molar-refractivity contribution in [3.8, 4) is 0 Å². The molecule has 0 amide bonds. The second kappa shape index (κ2) is 30.2. The van der Waals surface area contributed by atoms with E-state index in [1.165, 1.54) is 106 Å². The van der Waals surface area contributed by atoms with Crippen molar-refractivity contribution in [2.45, 2.75) is 180 Å². The highest BCUT2D eigenvalue weighted by Crippen LogP contribution is 2.64. The van der Waals surface area contributed by atoms with Crippen molar-refractivity contribution in [2.75, 3.05) is 32.7 Å². The molecule has 0 aliphatic heterocycles. The molecule has 0 heterocycles. The van der Waals surface area contributed by atoms with Gasteiger partial charge in [-0.15, -0.1) is 0 Å². The molecule has 108 heavy (non-hydrogen) atoms. The lowest BCUT2D eigenvalue weighted by Gasteiger charge is -2.58. The third-order valence-corrected chi connectivity index (χ3v) is 32.6. The molecule has 6 aromatic carbocycles. The Bertz CT molecular complexity index is 4360. The van der Waals surface area contributed by atoms with Gasteiger partial charge in [0.2, 0.25) is 19.7 Å². The molecule has 12 aliphatic carbocycles. The Labute approximate surface area is 631 Å². The molecule has 18 rings (SSSR count). The number of hydrogen-bond donors (Lipinski definition) is 0. The summed E-state index contributed by atoms with van der Waals surface area (Å²) in [7, 11) is -15.6. The van der Waals surface area contributed by atoms with E-state index < -0.39 is 80.4 Å². The van der Waals surface area contributed by atoms with Crippen LogP contribution in [-0.2, 0) is 67.5 Å². The first-order chi connectivity index (χ1) is 51.3. The Morgan fingerprint density at radius 2 is 0.667 bits per heavy atom. The molecule has 6 aromatic rings. The van der Waals surface area contributed by atoms with E-state index in [9.17, 15) is 56.8 Å². The van der Waals surface area contributed by atoms with Crippen molar-refractivity contribution in [3.05, 3.63) is 214 Å². The van der Waals surface area contributed by atoms with Gasteiger partial charge in [0.25, 0.3) is 9.84 Å². The third-order valence-electron chi connectivity index (χ3n) is 26.9. The zero-order chi connectivity index (χ0) is 76.5. The van der Waals surface area contributed by atoms with Crippen molar-refractivity contribution in [1.29, 1.82) is 0 Å². The van der Waals surface area contributed by atoms with E-state index in [1.807, 2.05) is 6.92 Å². The minimum Gasteiger partial charge on any atom is -0.459 e. The molecule has 582 valence electrons. The minimum absolute atomic E-state index is 0.0392. The van der Waals surface area contributed by atoms with E-state index in [2.05, 4.69) is 0 Å². The van der Waals surface area contributed by atoms with Gasteiger partial charge >= 0.3 is 28.0 Å². The summed E-state index contributed by atoms with van der Waals surface area (Å²) < 4.78 is 201. The van der Waals surface area contributed by atoms with Gasteiger partial charge in [-0.25, -0.2) is 25.3 Å². The topological polar surface area (TPSA) is 173 Å². The summed E-state index contributed by atoms with van der Waals surface area (Å²) in [5, 5.41) is -8.22. The van der Waals surface area contributed by atoms with Gasteiger partial charge < -0.3 is 18.9 Å². The van der Waals surface area contributed by atoms with Crippen LogP contribution in [0.3, 0.4) is 0 Å². The molecule has 8 atom stereocenters. The number of halogens is 7. The summed E-state index contributed by atoms with van der Waals surface area (Å²) in [4.78, 5) is 26.9. The van der Waals surface area contributed by atoms with Crippen molar-refractivity contribution in [1.82, 2.24) is 0 Å². The smallest absolute Gasteiger partial charge is 0.459 e. The van der Waals surface area contributed by atoms with E-state index in [0.29, 0.717) is 65.4 Å². The normalized spacial score (nSPS) is 29.5. The third kappa shape index (κ3) is 14.7. The maximum absolute atomic E-state index is 16.8. The molecule has 8 unspecified atom stereocenters. The van der Waals surface area contributed by atoms with Crippen LogP contribution in [0.25, 0.3) is 0 Å². The Morgan fingerprint density at radius 1 is 0.380 bits per heavy atom. The predicted octanol–water partition coefficient (Wildman–Crippen LogP) is 18.3. The summed E-state index contributed by atoms with van der Waals surface area (Å²) in [5.41, 5.74) is -3.46. The monoisotopic (exact) mass is 1550 g/mol. The molecule has 0 aromatic heterocycles. The average Bonchev–Trinajstić information content (AvgIpc) is 0.856. The van der Waals surface area contributed by atoms with Crippen LogP contribution in [-0.4, -0.2) is 98.1 Å². The molecule has 0 spiro atoms. The quantitative estimate of drug-likeness (QED) is 0.0319. The summed E-state index contributed by atoms with van der Waals surface area (Å²) >= 11 is 0. The van der Waals surface area contributed by atoms with E-state index in [-0.39, 0.29) is 81.2 Å². The molecule has 0 radical (unpaired) electrons. The number of fused-ring (bicyclic) bond motifs is 4. The fraction of sp³-hybridized carbons (Fsp3) is 0.558. The lowest BCUT2D eigenvalue weighted by atomic mass is 9.48. The van der Waals surface area contributed by atoms with Crippen molar-refractivity contribution in [3.63, 3.8) is 0 Å². The van der Waals surface area contributed by atoms with Crippen molar-refractivity contribution >= 4 is 41.5 Å². The summed E-state index contributed by atoms with van der Waals surface area (Å²) in [6, 6.07) is 44.5. The largest absolute Gasteiger partial charge is 0.498 e. The van der Waals surface area contributed by atoms with Crippen LogP contribution < -0.4 is 0 Å². The molecule has 12 fully saturated rings. The Hall–Kier alpha value is -6.46. The fourth-order valence-corrected chi connectivity index (χ4v) is 26.7. The van der Waals surface area contributed by atoms with Crippen LogP contribution >= 0.6 is 0 Å². The van der Waals surface area contributed by atoms with Gasteiger partial charge in [0.1, 0.15) is 25.4 Å². The lowest BCUT2D eigenvalue weighted by molar-refractivity contribution is -0.190. The molecule has 0 N–H and O–H groups in total. The molecule has 12 nitrogen and oxygen atoms in total. The first kappa shape index (κ1) is 78.2. The highest BCUT2D eigenvalue weighted by atomic mass is 32.2. The average molecular weight is 1550 g/mol. The summed E-state index contributed by atoms with van der Waals surface area (Å²) in [6.07, 6.45) is 20.4. The molecule has 22 heteroatoms. The van der Waals surface area contributed by atoms with E-state index >= 15 is 8.78 Å². The van der Waals surface area contributed by atoms with E-state index in [1.54, 1.807) is 116 Å². The Kier molecular flexibility index (Phi) is 21.9. The van der Waals surface area contributed by atoms with Crippen molar-refractivity contribution in [2.24, 2.45) is 81.8 Å². The number of esters is 2. The number of hydrogen-bond acceptors (Lipinski definition) is 12. The van der Waals surface area contributed by atoms with Gasteiger partial charge in [-0.05, 0) is 222 Å². The van der Waals surface area contributed by atoms with Crippen LogP contribution in [0.1, 0.15) is 173 Å². The number of alkyl halides is 7. The number of sulfone groups is 3. The second-order valence-corrected chi connectivity index (χ2v) is 40.5. The SMILES string of the molecule is CS(=O)(=O)C(F)(F)COCC(OC(=O)C1CC2CCC1C2)C12CC3CC(CC(C3)C1)C2.Cc1ccc(C(c2ccccc2)(c2ccccc2)S(=O)(=O)C(F)(F)COCC(OC(=O)C2CC3CCC2C3)C23CC4CC(CC(C4)C2)C3)cc1.Cc1ccc(C(c2ccccc2)(c2ccccc2)S(=O)(=O)C(F)(F)F)cc1. The molecule has 12 aliphatic rings. The number of ether oxygens (including phenoxy) is 4. The van der Waals surface area contributed by atoms with Gasteiger partial charge in [0.05, 0.1) is 25.0 Å². The maximum atomic E-state index is 16.8. The number of carbonyl (C=O) groups is 2. The van der Waals surface area contributed by atoms with Crippen LogP contribution in [0.5, 0.6) is 0 Å². The van der Waals surface area contributed by atoms with Gasteiger partial charge in [0, 0.05) is 17.1 Å².